The van der Waals surface area contributed by atoms with E-state index in [-0.39, 0.29) is 23.8 Å². The summed E-state index contributed by atoms with van der Waals surface area (Å²) >= 11 is 0. The Labute approximate surface area is 125 Å². The Kier molecular flexibility index (Phi) is 6.36. The van der Waals surface area contributed by atoms with Crippen molar-refractivity contribution in [3.63, 3.8) is 0 Å². The standard InChI is InChI=1S/C13H24N2O5S/c1-13(2,3)14-7-11-5-6-12(20-11)21(17,18)15-10(8-16)9-19-4/h5-6,10,14-16H,7-9H2,1-4H3. The lowest BCUT2D eigenvalue weighted by atomic mass is 10.1. The minimum atomic E-state index is -3.81. The molecule has 0 aliphatic heterocycles. The average Bonchev–Trinajstić information content (AvgIpc) is 2.84. The number of ether oxygens (including phenoxy) is 1. The third-order valence-electron chi connectivity index (χ3n) is 2.60. The van der Waals surface area contributed by atoms with E-state index >= 15 is 0 Å². The molecule has 122 valence electrons. The van der Waals surface area contributed by atoms with E-state index in [2.05, 4.69) is 10.0 Å². The number of aliphatic hydroxyl groups is 1. The van der Waals surface area contributed by atoms with Crippen LogP contribution in [0.15, 0.2) is 21.6 Å². The molecule has 8 heteroatoms. The van der Waals surface area contributed by atoms with Gasteiger partial charge in [-0.05, 0) is 32.9 Å². The van der Waals surface area contributed by atoms with Gasteiger partial charge in [-0.2, -0.15) is 0 Å². The summed E-state index contributed by atoms with van der Waals surface area (Å²) in [5.74, 6) is 0.526. The molecule has 0 aliphatic rings. The lowest BCUT2D eigenvalue weighted by molar-refractivity contribution is 0.138. The van der Waals surface area contributed by atoms with Crippen molar-refractivity contribution in [2.24, 2.45) is 0 Å². The number of hydrogen-bond acceptors (Lipinski definition) is 6. The molecular weight excluding hydrogens is 296 g/mol. The van der Waals surface area contributed by atoms with E-state index in [4.69, 9.17) is 14.3 Å². The van der Waals surface area contributed by atoms with Crippen LogP contribution in [0.1, 0.15) is 26.5 Å². The number of rotatable bonds is 8. The van der Waals surface area contributed by atoms with Crippen LogP contribution in [0, 0.1) is 0 Å². The highest BCUT2D eigenvalue weighted by molar-refractivity contribution is 7.89. The SMILES string of the molecule is COCC(CO)NS(=O)(=O)c1ccc(CNC(C)(C)C)o1. The fourth-order valence-corrected chi connectivity index (χ4v) is 2.71. The first kappa shape index (κ1) is 18.1. The molecule has 0 amide bonds. The third kappa shape index (κ3) is 6.15. The van der Waals surface area contributed by atoms with Crippen molar-refractivity contribution in [1.29, 1.82) is 0 Å². The van der Waals surface area contributed by atoms with Gasteiger partial charge in [0.2, 0.25) is 5.09 Å². The maximum absolute atomic E-state index is 12.1. The van der Waals surface area contributed by atoms with E-state index in [1.807, 2.05) is 20.8 Å². The van der Waals surface area contributed by atoms with Crippen LogP contribution < -0.4 is 10.0 Å². The van der Waals surface area contributed by atoms with Gasteiger partial charge in [-0.1, -0.05) is 0 Å². The van der Waals surface area contributed by atoms with Gasteiger partial charge < -0.3 is 19.6 Å². The molecule has 0 radical (unpaired) electrons. The zero-order chi connectivity index (χ0) is 16.1. The van der Waals surface area contributed by atoms with Crippen molar-refractivity contribution < 1.29 is 22.7 Å². The number of hydrogen-bond donors (Lipinski definition) is 3. The molecule has 0 bridgehead atoms. The molecule has 0 aliphatic carbocycles. The van der Waals surface area contributed by atoms with Gasteiger partial charge in [0, 0.05) is 12.6 Å². The Morgan fingerprint density at radius 3 is 2.57 bits per heavy atom. The van der Waals surface area contributed by atoms with Gasteiger partial charge in [0.05, 0.1) is 25.8 Å². The summed E-state index contributed by atoms with van der Waals surface area (Å²) in [5, 5.41) is 12.1. The highest BCUT2D eigenvalue weighted by atomic mass is 32.2. The Balaban J connectivity index is 2.74. The lowest BCUT2D eigenvalue weighted by Gasteiger charge is -2.19. The number of methoxy groups -OCH3 is 1. The molecule has 0 fully saturated rings. The smallest absolute Gasteiger partial charge is 0.274 e. The molecule has 1 rings (SSSR count). The predicted octanol–water partition coefficient (Wildman–Crippen LogP) is 0.453. The second kappa shape index (κ2) is 7.37. The monoisotopic (exact) mass is 320 g/mol. The molecule has 0 saturated heterocycles. The van der Waals surface area contributed by atoms with Crippen LogP contribution >= 0.6 is 0 Å². The van der Waals surface area contributed by atoms with Crippen molar-refractivity contribution in [2.45, 2.75) is 44.0 Å². The summed E-state index contributed by atoms with van der Waals surface area (Å²) in [7, 11) is -2.38. The largest absolute Gasteiger partial charge is 0.447 e. The topological polar surface area (TPSA) is 101 Å². The lowest BCUT2D eigenvalue weighted by Crippen LogP contribution is -2.40. The molecule has 3 N–H and O–H groups in total. The number of aliphatic hydroxyl groups excluding tert-OH is 1. The van der Waals surface area contributed by atoms with Gasteiger partial charge in [0.15, 0.2) is 0 Å². The van der Waals surface area contributed by atoms with E-state index < -0.39 is 16.1 Å². The summed E-state index contributed by atoms with van der Waals surface area (Å²) in [6.07, 6.45) is 0. The maximum atomic E-state index is 12.1. The minimum Gasteiger partial charge on any atom is -0.447 e. The molecule has 0 spiro atoms. The molecular formula is C13H24N2O5S. The van der Waals surface area contributed by atoms with E-state index in [0.717, 1.165) is 0 Å². The Morgan fingerprint density at radius 2 is 2.05 bits per heavy atom. The van der Waals surface area contributed by atoms with Crippen molar-refractivity contribution in [3.05, 3.63) is 17.9 Å². The van der Waals surface area contributed by atoms with Gasteiger partial charge in [-0.25, -0.2) is 13.1 Å². The van der Waals surface area contributed by atoms with E-state index in [9.17, 15) is 8.42 Å². The zero-order valence-electron chi connectivity index (χ0n) is 12.8. The van der Waals surface area contributed by atoms with Crippen LogP contribution in [0.2, 0.25) is 0 Å². The molecule has 1 aromatic heterocycles. The molecule has 1 aromatic rings. The average molecular weight is 320 g/mol. The van der Waals surface area contributed by atoms with Crippen LogP contribution in [0.3, 0.4) is 0 Å². The number of furan rings is 1. The summed E-state index contributed by atoms with van der Waals surface area (Å²) in [6, 6.07) is 2.29. The summed E-state index contributed by atoms with van der Waals surface area (Å²) in [6.45, 7) is 6.17. The fourth-order valence-electron chi connectivity index (χ4n) is 1.55. The van der Waals surface area contributed by atoms with Crippen molar-refractivity contribution in [1.82, 2.24) is 10.0 Å². The molecule has 0 aromatic carbocycles. The first-order chi connectivity index (χ1) is 9.68. The van der Waals surface area contributed by atoms with Crippen LogP contribution in [-0.4, -0.2) is 45.4 Å². The van der Waals surface area contributed by atoms with Crippen LogP contribution in [0.25, 0.3) is 0 Å². The van der Waals surface area contributed by atoms with Crippen molar-refractivity contribution >= 4 is 10.0 Å². The van der Waals surface area contributed by atoms with Crippen molar-refractivity contribution in [2.75, 3.05) is 20.3 Å². The first-order valence-electron chi connectivity index (χ1n) is 6.64. The van der Waals surface area contributed by atoms with E-state index in [1.54, 1.807) is 6.07 Å². The predicted molar refractivity (Wildman–Crippen MR) is 78.4 cm³/mol. The molecule has 0 saturated carbocycles. The highest BCUT2D eigenvalue weighted by Crippen LogP contribution is 2.15. The van der Waals surface area contributed by atoms with Crippen LogP contribution in [0.4, 0.5) is 0 Å². The molecule has 21 heavy (non-hydrogen) atoms. The normalized spacial score (nSPS) is 14.3. The fraction of sp³-hybridized carbons (Fsp3) is 0.692. The molecule has 1 unspecified atom stereocenters. The maximum Gasteiger partial charge on any atom is 0.274 e. The Bertz CT molecular complexity index is 533. The second-order valence-electron chi connectivity index (χ2n) is 5.78. The molecule has 7 nitrogen and oxygen atoms in total. The zero-order valence-corrected chi connectivity index (χ0v) is 13.7. The second-order valence-corrected chi connectivity index (χ2v) is 7.43. The first-order valence-corrected chi connectivity index (χ1v) is 8.12. The van der Waals surface area contributed by atoms with E-state index in [1.165, 1.54) is 13.2 Å². The summed E-state index contributed by atoms with van der Waals surface area (Å²) in [5.41, 5.74) is -0.0927. The quantitative estimate of drug-likeness (QED) is 0.643. The van der Waals surface area contributed by atoms with Crippen LogP contribution in [0.5, 0.6) is 0 Å². The minimum absolute atomic E-state index is 0.0782. The van der Waals surface area contributed by atoms with Gasteiger partial charge >= 0.3 is 0 Å². The summed E-state index contributed by atoms with van der Waals surface area (Å²) < 4.78 is 36.7. The van der Waals surface area contributed by atoms with Gasteiger partial charge in [0.25, 0.3) is 10.0 Å². The Morgan fingerprint density at radius 1 is 1.38 bits per heavy atom. The molecule has 1 atom stereocenters. The van der Waals surface area contributed by atoms with Crippen molar-refractivity contribution in [3.8, 4) is 0 Å². The van der Waals surface area contributed by atoms with Gasteiger partial charge in [-0.3, -0.25) is 0 Å². The Hall–Kier alpha value is -0.930. The van der Waals surface area contributed by atoms with E-state index in [0.29, 0.717) is 12.3 Å². The van der Waals surface area contributed by atoms with Crippen LogP contribution in [-0.2, 0) is 21.3 Å². The number of nitrogens with one attached hydrogen (secondary N) is 2. The van der Waals surface area contributed by atoms with Gasteiger partial charge in [0.1, 0.15) is 5.76 Å². The highest BCUT2D eigenvalue weighted by Gasteiger charge is 2.23. The van der Waals surface area contributed by atoms with Gasteiger partial charge in [-0.15, -0.1) is 0 Å². The molecule has 1 heterocycles. The number of sulfonamides is 1. The summed E-state index contributed by atoms with van der Waals surface area (Å²) in [4.78, 5) is 0. The third-order valence-corrected chi connectivity index (χ3v) is 4.00.